The number of carbonyl (C=O) groups is 2. The third kappa shape index (κ3) is 7.48. The zero-order valence-corrected chi connectivity index (χ0v) is 29.2. The lowest BCUT2D eigenvalue weighted by Crippen LogP contribution is -2.53. The molecule has 1 aliphatic carbocycles. The summed E-state index contributed by atoms with van der Waals surface area (Å²) >= 11 is 0. The van der Waals surface area contributed by atoms with Gasteiger partial charge in [-0.1, -0.05) is 67.6 Å². The highest BCUT2D eigenvalue weighted by Gasteiger charge is 2.44. The van der Waals surface area contributed by atoms with Crippen LogP contribution in [0.5, 0.6) is 0 Å². The number of nitrogens with one attached hydrogen (secondary N) is 3. The highest BCUT2D eigenvalue weighted by Crippen LogP contribution is 2.35. The van der Waals surface area contributed by atoms with Crippen LogP contribution >= 0.6 is 0 Å². The molecule has 5 N–H and O–H groups in total. The van der Waals surface area contributed by atoms with Crippen molar-refractivity contribution < 1.29 is 19.8 Å². The van der Waals surface area contributed by atoms with Crippen LogP contribution in [0.4, 0.5) is 16.6 Å². The quantitative estimate of drug-likeness (QED) is 0.166. The lowest BCUT2D eigenvalue weighted by Gasteiger charge is -2.33. The Bertz CT molecular complexity index is 1760. The number of hydrogen-bond donors (Lipinski definition) is 5. The van der Waals surface area contributed by atoms with Crippen molar-refractivity contribution in [2.45, 2.75) is 62.4 Å². The van der Waals surface area contributed by atoms with Gasteiger partial charge in [0, 0.05) is 64.2 Å². The Balaban J connectivity index is 1.18. The fourth-order valence-corrected chi connectivity index (χ4v) is 7.48. The van der Waals surface area contributed by atoms with E-state index in [9.17, 15) is 19.8 Å². The van der Waals surface area contributed by atoms with Crippen LogP contribution in [0.25, 0.3) is 11.2 Å². The first kappa shape index (κ1) is 34.6. The first-order valence-electron chi connectivity index (χ1n) is 18.0. The van der Waals surface area contributed by atoms with Crippen LogP contribution in [0, 0.1) is 0 Å². The zero-order chi connectivity index (χ0) is 35.5. The largest absolute Gasteiger partial charge is 0.388 e. The van der Waals surface area contributed by atoms with Crippen LogP contribution in [0.15, 0.2) is 67.0 Å². The summed E-state index contributed by atoms with van der Waals surface area (Å²) in [6, 6.07) is 19.4. The maximum atomic E-state index is 13.1. The van der Waals surface area contributed by atoms with E-state index in [-0.39, 0.29) is 30.3 Å². The van der Waals surface area contributed by atoms with Crippen molar-refractivity contribution >= 4 is 34.9 Å². The second kappa shape index (κ2) is 15.2. The molecule has 2 saturated heterocycles. The topological polar surface area (TPSA) is 164 Å². The number of likely N-dealkylation sites (N-methyl/N-ethyl adjacent to an activating group) is 1. The number of hydrogen-bond acceptors (Lipinski definition) is 10. The number of carbonyl (C=O) groups excluding carboxylic acids is 2. The molecule has 3 amide bonds. The molecule has 3 fully saturated rings. The molecule has 3 aliphatic rings. The summed E-state index contributed by atoms with van der Waals surface area (Å²) in [5, 5.41) is 31.8. The first-order chi connectivity index (χ1) is 24.8. The SMILES string of the molecule is CCC(=O)N[C@H]1CC(n2cnc3c(NCC(c4ccccc4)c4ccccc4)nc(N4CC[C@@H](NC(=O)N5CCN(C)CC5)C4)nc32)[C@H](O)[C@@H]1O. The smallest absolute Gasteiger partial charge is 0.317 e. The van der Waals surface area contributed by atoms with Crippen molar-refractivity contribution in [3.05, 3.63) is 78.1 Å². The number of imidazole rings is 1. The van der Waals surface area contributed by atoms with Crippen LogP contribution in [0.1, 0.15) is 49.3 Å². The summed E-state index contributed by atoms with van der Waals surface area (Å²) in [6.07, 6.45) is 0.704. The average molecular weight is 697 g/mol. The van der Waals surface area contributed by atoms with E-state index in [1.54, 1.807) is 17.8 Å². The lowest BCUT2D eigenvalue weighted by molar-refractivity contribution is -0.122. The predicted octanol–water partition coefficient (Wildman–Crippen LogP) is 2.17. The molecule has 2 aromatic carbocycles. The van der Waals surface area contributed by atoms with Gasteiger partial charge in [0.1, 0.15) is 12.2 Å². The van der Waals surface area contributed by atoms with Gasteiger partial charge in [-0.3, -0.25) is 4.79 Å². The molecule has 0 radical (unpaired) electrons. The van der Waals surface area contributed by atoms with Gasteiger partial charge < -0.3 is 45.4 Å². The monoisotopic (exact) mass is 696 g/mol. The molecule has 14 nitrogen and oxygen atoms in total. The van der Waals surface area contributed by atoms with E-state index < -0.39 is 24.3 Å². The van der Waals surface area contributed by atoms with Crippen molar-refractivity contribution in [3.8, 4) is 0 Å². The molecule has 51 heavy (non-hydrogen) atoms. The van der Waals surface area contributed by atoms with E-state index in [0.717, 1.165) is 30.6 Å². The van der Waals surface area contributed by atoms with Gasteiger partial charge in [0.15, 0.2) is 17.0 Å². The molecular formula is C37H48N10O4. The summed E-state index contributed by atoms with van der Waals surface area (Å²) in [7, 11) is 2.07. The molecule has 4 aromatic rings. The fraction of sp³-hybridized carbons (Fsp3) is 0.486. The second-order valence-corrected chi connectivity index (χ2v) is 13.9. The molecule has 4 heterocycles. The van der Waals surface area contributed by atoms with E-state index in [1.807, 2.05) is 41.3 Å². The Morgan fingerprint density at radius 1 is 0.902 bits per heavy atom. The van der Waals surface area contributed by atoms with E-state index in [2.05, 4.69) is 57.1 Å². The maximum Gasteiger partial charge on any atom is 0.317 e. The van der Waals surface area contributed by atoms with Crippen LogP contribution < -0.4 is 20.9 Å². The van der Waals surface area contributed by atoms with Gasteiger partial charge in [0.25, 0.3) is 0 Å². The summed E-state index contributed by atoms with van der Waals surface area (Å²) in [5.41, 5.74) is 3.38. The van der Waals surface area contributed by atoms with Crippen molar-refractivity contribution in [2.24, 2.45) is 0 Å². The standard InChI is InChI=1S/C37H48N10O4/c1-3-30(48)41-28-20-29(33(50)32(28)49)47-23-39-31-34(38-21-27(24-10-6-4-7-11-24)25-12-8-5-9-13-25)42-36(43-35(31)47)46-15-14-26(22-46)40-37(51)45-18-16-44(2)17-19-45/h4-13,23,26-29,32-33,49-50H,3,14-22H2,1-2H3,(H,40,51)(H,41,48)(H,38,42,43)/t26-,28+,29?,32-,33+/m1/s1. The number of piperazine rings is 1. The molecule has 2 aromatic heterocycles. The van der Waals surface area contributed by atoms with Crippen LogP contribution in [-0.2, 0) is 4.79 Å². The Morgan fingerprint density at radius 3 is 2.25 bits per heavy atom. The van der Waals surface area contributed by atoms with Crippen LogP contribution in [0.2, 0.25) is 0 Å². The number of fused-ring (bicyclic) bond motifs is 1. The molecule has 14 heteroatoms. The van der Waals surface area contributed by atoms with E-state index in [0.29, 0.717) is 62.1 Å². The van der Waals surface area contributed by atoms with Gasteiger partial charge in [0.2, 0.25) is 11.9 Å². The number of anilines is 2. The molecule has 2 aliphatic heterocycles. The Hall–Kier alpha value is -4.79. The van der Waals surface area contributed by atoms with Gasteiger partial charge in [-0.15, -0.1) is 0 Å². The van der Waals surface area contributed by atoms with Crippen molar-refractivity contribution in [1.29, 1.82) is 0 Å². The summed E-state index contributed by atoms with van der Waals surface area (Å²) in [4.78, 5) is 46.2. The molecule has 1 saturated carbocycles. The van der Waals surface area contributed by atoms with E-state index in [1.165, 1.54) is 0 Å². The number of benzene rings is 2. The number of aliphatic hydroxyl groups is 2. The van der Waals surface area contributed by atoms with Gasteiger partial charge in [-0.05, 0) is 31.0 Å². The Kier molecular flexibility index (Phi) is 10.3. The van der Waals surface area contributed by atoms with Crippen molar-refractivity contribution in [3.63, 3.8) is 0 Å². The molecule has 5 atom stereocenters. The Labute approximate surface area is 297 Å². The highest BCUT2D eigenvalue weighted by molar-refractivity contribution is 5.85. The molecule has 1 unspecified atom stereocenters. The van der Waals surface area contributed by atoms with Gasteiger partial charge >= 0.3 is 6.03 Å². The Morgan fingerprint density at radius 2 is 1.59 bits per heavy atom. The third-order valence-electron chi connectivity index (χ3n) is 10.6. The second-order valence-electron chi connectivity index (χ2n) is 13.9. The molecule has 0 bridgehead atoms. The van der Waals surface area contributed by atoms with Gasteiger partial charge in [-0.2, -0.15) is 9.97 Å². The zero-order valence-electron chi connectivity index (χ0n) is 29.2. The first-order valence-corrected chi connectivity index (χ1v) is 18.0. The molecular weight excluding hydrogens is 648 g/mol. The predicted molar refractivity (Wildman–Crippen MR) is 195 cm³/mol. The number of aromatic nitrogens is 4. The minimum Gasteiger partial charge on any atom is -0.388 e. The minimum absolute atomic E-state index is 0.0265. The summed E-state index contributed by atoms with van der Waals surface area (Å²) < 4.78 is 1.80. The van der Waals surface area contributed by atoms with Crippen LogP contribution in [0.3, 0.4) is 0 Å². The van der Waals surface area contributed by atoms with Gasteiger partial charge in [-0.25, -0.2) is 9.78 Å². The van der Waals surface area contributed by atoms with Gasteiger partial charge in [0.05, 0.1) is 18.4 Å². The molecule has 270 valence electrons. The van der Waals surface area contributed by atoms with E-state index in [4.69, 9.17) is 15.0 Å². The minimum atomic E-state index is -1.14. The highest BCUT2D eigenvalue weighted by atomic mass is 16.3. The summed E-state index contributed by atoms with van der Waals surface area (Å²) in [6.45, 7) is 6.60. The van der Waals surface area contributed by atoms with Crippen molar-refractivity contribution in [1.82, 2.24) is 40.0 Å². The lowest BCUT2D eigenvalue weighted by atomic mass is 9.91. The third-order valence-corrected chi connectivity index (χ3v) is 10.6. The average Bonchev–Trinajstić information content (AvgIpc) is 3.87. The number of amides is 3. The van der Waals surface area contributed by atoms with Crippen LogP contribution in [-0.4, -0.2) is 129 Å². The summed E-state index contributed by atoms with van der Waals surface area (Å²) in [5.74, 6) is 0.883. The van der Waals surface area contributed by atoms with Crippen molar-refractivity contribution in [2.75, 3.05) is 63.1 Å². The molecule has 0 spiro atoms. The number of rotatable bonds is 10. The number of nitrogens with zero attached hydrogens (tertiary/aromatic N) is 7. The normalized spacial score (nSPS) is 24.0. The fourth-order valence-electron chi connectivity index (χ4n) is 7.48. The number of urea groups is 1. The van der Waals surface area contributed by atoms with E-state index >= 15 is 0 Å². The maximum absolute atomic E-state index is 13.1. The molecule has 7 rings (SSSR count). The number of aliphatic hydroxyl groups excluding tert-OH is 2.